The number of nitrogens with one attached hydrogen (secondary N) is 1. The zero-order valence-corrected chi connectivity index (χ0v) is 10.0. The summed E-state index contributed by atoms with van der Waals surface area (Å²) < 4.78 is 0. The van der Waals surface area contributed by atoms with Crippen LogP contribution in [0.15, 0.2) is 18.2 Å². The molecule has 2 N–H and O–H groups in total. The minimum atomic E-state index is 0.0462. The van der Waals surface area contributed by atoms with Crippen LogP contribution in [0.4, 0.5) is 0 Å². The molecular formula is C13H21NO. The molecule has 0 radical (unpaired) electrons. The molecule has 0 aliphatic heterocycles. The van der Waals surface area contributed by atoms with Crippen LogP contribution in [0.3, 0.4) is 0 Å². The van der Waals surface area contributed by atoms with Crippen molar-refractivity contribution in [2.75, 3.05) is 6.61 Å². The van der Waals surface area contributed by atoms with Crippen LogP contribution in [-0.2, 0) is 0 Å². The highest BCUT2D eigenvalue weighted by atomic mass is 16.3. The van der Waals surface area contributed by atoms with E-state index in [4.69, 9.17) is 0 Å². The molecule has 2 nitrogen and oxygen atoms in total. The Morgan fingerprint density at radius 3 is 2.47 bits per heavy atom. The van der Waals surface area contributed by atoms with Gasteiger partial charge in [0.25, 0.3) is 0 Å². The fourth-order valence-corrected chi connectivity index (χ4v) is 1.78. The van der Waals surface area contributed by atoms with Gasteiger partial charge >= 0.3 is 0 Å². The molecule has 1 aromatic carbocycles. The molecule has 0 saturated heterocycles. The molecule has 1 atom stereocenters. The quantitative estimate of drug-likeness (QED) is 0.794. The van der Waals surface area contributed by atoms with Gasteiger partial charge in [0.15, 0.2) is 0 Å². The van der Waals surface area contributed by atoms with Crippen LogP contribution in [0.2, 0.25) is 0 Å². The maximum absolute atomic E-state index is 9.38. The van der Waals surface area contributed by atoms with E-state index in [1.165, 1.54) is 16.7 Å². The molecule has 0 amide bonds. The molecule has 0 aliphatic carbocycles. The third kappa shape index (κ3) is 3.33. The first-order valence-electron chi connectivity index (χ1n) is 5.48. The first-order chi connectivity index (χ1) is 7.04. The fourth-order valence-electron chi connectivity index (χ4n) is 1.78. The summed E-state index contributed by atoms with van der Waals surface area (Å²) in [5.41, 5.74) is 3.67. The van der Waals surface area contributed by atoms with Crippen molar-refractivity contribution < 1.29 is 5.11 Å². The second-order valence-electron chi connectivity index (χ2n) is 4.42. The van der Waals surface area contributed by atoms with Crippen molar-refractivity contribution in [3.05, 3.63) is 34.9 Å². The van der Waals surface area contributed by atoms with Crippen molar-refractivity contribution in [2.24, 2.45) is 0 Å². The molecule has 0 spiro atoms. The molecule has 84 valence electrons. The zero-order valence-electron chi connectivity index (χ0n) is 10.0. The summed E-state index contributed by atoms with van der Waals surface area (Å²) in [6.07, 6.45) is 0. The SMILES string of the molecule is Cc1ccc(C)c(C(CO)NC(C)C)c1. The Balaban J connectivity index is 2.95. The van der Waals surface area contributed by atoms with E-state index in [9.17, 15) is 5.11 Å². The standard InChI is InChI=1S/C13H21NO/c1-9(2)14-13(8-15)12-7-10(3)5-6-11(12)4/h5-7,9,13-15H,8H2,1-4H3. The highest BCUT2D eigenvalue weighted by Gasteiger charge is 2.13. The first kappa shape index (κ1) is 12.2. The van der Waals surface area contributed by atoms with Gasteiger partial charge in [-0.15, -0.1) is 0 Å². The van der Waals surface area contributed by atoms with Crippen LogP contribution < -0.4 is 5.32 Å². The predicted octanol–water partition coefficient (Wildman–Crippen LogP) is 2.33. The maximum Gasteiger partial charge on any atom is 0.0626 e. The highest BCUT2D eigenvalue weighted by Crippen LogP contribution is 2.19. The van der Waals surface area contributed by atoms with E-state index in [-0.39, 0.29) is 12.6 Å². The van der Waals surface area contributed by atoms with Crippen LogP contribution in [0.1, 0.15) is 36.6 Å². The summed E-state index contributed by atoms with van der Waals surface area (Å²) in [7, 11) is 0. The van der Waals surface area contributed by atoms with Gasteiger partial charge < -0.3 is 10.4 Å². The molecule has 15 heavy (non-hydrogen) atoms. The minimum absolute atomic E-state index is 0.0462. The van der Waals surface area contributed by atoms with Crippen LogP contribution in [-0.4, -0.2) is 17.8 Å². The Bertz CT molecular complexity index is 320. The van der Waals surface area contributed by atoms with Gasteiger partial charge in [0, 0.05) is 6.04 Å². The molecule has 0 bridgehead atoms. The summed E-state index contributed by atoms with van der Waals surface area (Å²) in [4.78, 5) is 0. The molecule has 1 unspecified atom stereocenters. The molecule has 0 fully saturated rings. The molecule has 0 aliphatic rings. The monoisotopic (exact) mass is 207 g/mol. The molecule has 1 rings (SSSR count). The summed E-state index contributed by atoms with van der Waals surface area (Å²) >= 11 is 0. The summed E-state index contributed by atoms with van der Waals surface area (Å²) in [5, 5.41) is 12.7. The lowest BCUT2D eigenvalue weighted by Gasteiger charge is -2.21. The topological polar surface area (TPSA) is 32.3 Å². The van der Waals surface area contributed by atoms with E-state index in [0.717, 1.165) is 0 Å². The second-order valence-corrected chi connectivity index (χ2v) is 4.42. The molecule has 2 heteroatoms. The smallest absolute Gasteiger partial charge is 0.0626 e. The van der Waals surface area contributed by atoms with E-state index in [1.54, 1.807) is 0 Å². The maximum atomic E-state index is 9.38. The van der Waals surface area contributed by atoms with Crippen LogP contribution in [0.25, 0.3) is 0 Å². The summed E-state index contributed by atoms with van der Waals surface area (Å²) in [5.74, 6) is 0. The molecule has 0 aromatic heterocycles. The molecular weight excluding hydrogens is 186 g/mol. The zero-order chi connectivity index (χ0) is 11.4. The van der Waals surface area contributed by atoms with Gasteiger partial charge in [-0.2, -0.15) is 0 Å². The first-order valence-corrected chi connectivity index (χ1v) is 5.48. The number of aliphatic hydroxyl groups excluding tert-OH is 1. The number of aryl methyl sites for hydroxylation is 2. The average Bonchev–Trinajstić information content (AvgIpc) is 2.18. The lowest BCUT2D eigenvalue weighted by Crippen LogP contribution is -2.31. The van der Waals surface area contributed by atoms with Crippen molar-refractivity contribution in [3.8, 4) is 0 Å². The number of hydrogen-bond acceptors (Lipinski definition) is 2. The van der Waals surface area contributed by atoms with E-state index in [0.29, 0.717) is 6.04 Å². The predicted molar refractivity (Wildman–Crippen MR) is 64.0 cm³/mol. The number of rotatable bonds is 4. The lowest BCUT2D eigenvalue weighted by atomic mass is 9.99. The normalized spacial score (nSPS) is 13.2. The van der Waals surface area contributed by atoms with Crippen LogP contribution in [0.5, 0.6) is 0 Å². The van der Waals surface area contributed by atoms with Gasteiger partial charge in [0.1, 0.15) is 0 Å². The Labute approximate surface area is 92.3 Å². The van der Waals surface area contributed by atoms with Crippen molar-refractivity contribution >= 4 is 0 Å². The van der Waals surface area contributed by atoms with Crippen molar-refractivity contribution in [1.29, 1.82) is 0 Å². The third-order valence-electron chi connectivity index (χ3n) is 2.53. The largest absolute Gasteiger partial charge is 0.394 e. The molecule has 0 heterocycles. The van der Waals surface area contributed by atoms with Gasteiger partial charge in [-0.1, -0.05) is 37.6 Å². The van der Waals surface area contributed by atoms with Gasteiger partial charge in [-0.25, -0.2) is 0 Å². The van der Waals surface area contributed by atoms with E-state index in [2.05, 4.69) is 51.2 Å². The van der Waals surface area contributed by atoms with Gasteiger partial charge in [0.2, 0.25) is 0 Å². The second kappa shape index (κ2) is 5.29. The van der Waals surface area contributed by atoms with Gasteiger partial charge in [-0.3, -0.25) is 0 Å². The van der Waals surface area contributed by atoms with Crippen molar-refractivity contribution in [3.63, 3.8) is 0 Å². The van der Waals surface area contributed by atoms with Crippen molar-refractivity contribution in [2.45, 2.75) is 39.8 Å². The summed E-state index contributed by atoms with van der Waals surface area (Å²) in [6, 6.07) is 6.77. The van der Waals surface area contributed by atoms with Crippen molar-refractivity contribution in [1.82, 2.24) is 5.32 Å². The van der Waals surface area contributed by atoms with Crippen LogP contribution in [0, 0.1) is 13.8 Å². The Morgan fingerprint density at radius 1 is 1.27 bits per heavy atom. The minimum Gasteiger partial charge on any atom is -0.394 e. The Kier molecular flexibility index (Phi) is 4.30. The molecule has 1 aromatic rings. The van der Waals surface area contributed by atoms with Gasteiger partial charge in [0.05, 0.1) is 12.6 Å². The lowest BCUT2D eigenvalue weighted by molar-refractivity contribution is 0.237. The fraction of sp³-hybridized carbons (Fsp3) is 0.538. The van der Waals surface area contributed by atoms with Crippen LogP contribution >= 0.6 is 0 Å². The Morgan fingerprint density at radius 2 is 1.93 bits per heavy atom. The van der Waals surface area contributed by atoms with E-state index < -0.39 is 0 Å². The number of hydrogen-bond donors (Lipinski definition) is 2. The van der Waals surface area contributed by atoms with Gasteiger partial charge in [-0.05, 0) is 25.0 Å². The van der Waals surface area contributed by atoms with E-state index >= 15 is 0 Å². The number of benzene rings is 1. The Hall–Kier alpha value is -0.860. The number of aliphatic hydroxyl groups is 1. The molecule has 0 saturated carbocycles. The highest BCUT2D eigenvalue weighted by molar-refractivity contribution is 5.33. The third-order valence-corrected chi connectivity index (χ3v) is 2.53. The summed E-state index contributed by atoms with van der Waals surface area (Å²) in [6.45, 7) is 8.48. The van der Waals surface area contributed by atoms with E-state index in [1.807, 2.05) is 0 Å². The average molecular weight is 207 g/mol.